The van der Waals surface area contributed by atoms with Crippen molar-refractivity contribution in [2.45, 2.75) is 65.0 Å². The number of carboxylic acids is 1. The number of nitrogens with one attached hydrogen (secondary N) is 1. The van der Waals surface area contributed by atoms with Gasteiger partial charge in [-0.05, 0) is 55.3 Å². The lowest BCUT2D eigenvalue weighted by Gasteiger charge is -2.27. The van der Waals surface area contributed by atoms with Crippen LogP contribution in [0.1, 0.15) is 57.5 Å². The minimum absolute atomic E-state index is 0.112. The summed E-state index contributed by atoms with van der Waals surface area (Å²) in [6, 6.07) is 3.66. The third-order valence-electron chi connectivity index (χ3n) is 6.02. The van der Waals surface area contributed by atoms with Gasteiger partial charge in [0.1, 0.15) is 11.4 Å². The second-order valence-electron chi connectivity index (χ2n) is 9.13. The van der Waals surface area contributed by atoms with E-state index in [9.17, 15) is 9.90 Å². The van der Waals surface area contributed by atoms with Crippen molar-refractivity contribution in [3.63, 3.8) is 0 Å². The van der Waals surface area contributed by atoms with Crippen molar-refractivity contribution in [1.29, 1.82) is 0 Å². The maximum absolute atomic E-state index is 11.3. The molecule has 0 aromatic carbocycles. The fourth-order valence-corrected chi connectivity index (χ4v) is 4.04. The first kappa shape index (κ1) is 23.7. The Kier molecular flexibility index (Phi) is 7.39. The molecule has 0 saturated heterocycles. The van der Waals surface area contributed by atoms with E-state index in [-0.39, 0.29) is 12.0 Å². The lowest BCUT2D eigenvalue weighted by atomic mass is 9.87. The predicted molar refractivity (Wildman–Crippen MR) is 123 cm³/mol. The monoisotopic (exact) mass is 469 g/mol. The van der Waals surface area contributed by atoms with E-state index in [1.807, 2.05) is 19.2 Å². The van der Waals surface area contributed by atoms with E-state index in [2.05, 4.69) is 44.6 Å². The number of nitrogens with zero attached hydrogens (tertiary/aromatic N) is 6. The minimum Gasteiger partial charge on any atom is -0.489 e. The van der Waals surface area contributed by atoms with Gasteiger partial charge in [0.15, 0.2) is 0 Å². The first-order valence-electron chi connectivity index (χ1n) is 11.7. The summed E-state index contributed by atoms with van der Waals surface area (Å²) in [7, 11) is 1.82. The highest BCUT2D eigenvalue weighted by atomic mass is 16.5. The molecule has 34 heavy (non-hydrogen) atoms. The van der Waals surface area contributed by atoms with Crippen LogP contribution in [0, 0.1) is 11.8 Å². The zero-order valence-electron chi connectivity index (χ0n) is 19.8. The van der Waals surface area contributed by atoms with Gasteiger partial charge < -0.3 is 19.7 Å². The highest BCUT2D eigenvalue weighted by molar-refractivity contribution is 5.70. The molecular formula is C23H31N7O4. The van der Waals surface area contributed by atoms with Crippen molar-refractivity contribution in [3.8, 4) is 17.1 Å². The average Bonchev–Trinajstić information content (AvgIpc) is 3.43. The fraction of sp³-hybridized carbons (Fsp3) is 0.565. The number of aryl methyl sites for hydroxylation is 2. The molecule has 0 spiro atoms. The van der Waals surface area contributed by atoms with Crippen molar-refractivity contribution in [2.24, 2.45) is 18.9 Å². The van der Waals surface area contributed by atoms with Crippen LogP contribution < -0.4 is 10.1 Å². The van der Waals surface area contributed by atoms with Gasteiger partial charge in [-0.25, -0.2) is 4.68 Å². The largest absolute Gasteiger partial charge is 0.489 e. The van der Waals surface area contributed by atoms with Crippen molar-refractivity contribution in [2.75, 3.05) is 5.32 Å². The standard InChI is InChI=1S/C23H31N7O4/c1-14(2)7-10-20-26-23(28-34-20)25-13-19-21(27-29-30(19)3)18-9-8-17(12-24-18)33-16-6-4-5-15(11-16)22(31)32/h8-9,12,14-16H,4-7,10-11,13H2,1-3H3,(H,25,28)(H,31,32)/t15-,16-/m0/s1. The topological polar surface area (TPSA) is 141 Å². The molecule has 182 valence electrons. The summed E-state index contributed by atoms with van der Waals surface area (Å²) in [5.74, 6) is 1.13. The molecule has 11 heteroatoms. The Balaban J connectivity index is 1.38. The number of aromatic nitrogens is 6. The van der Waals surface area contributed by atoms with Crippen molar-refractivity contribution >= 4 is 11.9 Å². The van der Waals surface area contributed by atoms with Crippen LogP contribution in [0.15, 0.2) is 22.9 Å². The van der Waals surface area contributed by atoms with Crippen LogP contribution in [0.4, 0.5) is 5.95 Å². The van der Waals surface area contributed by atoms with E-state index in [0.29, 0.717) is 54.3 Å². The molecule has 1 saturated carbocycles. The highest BCUT2D eigenvalue weighted by Crippen LogP contribution is 2.29. The van der Waals surface area contributed by atoms with Gasteiger partial charge in [0.2, 0.25) is 5.89 Å². The van der Waals surface area contributed by atoms with Gasteiger partial charge in [-0.3, -0.25) is 9.78 Å². The molecule has 0 bridgehead atoms. The van der Waals surface area contributed by atoms with Crippen molar-refractivity contribution in [1.82, 2.24) is 30.1 Å². The minimum atomic E-state index is -0.752. The number of pyridine rings is 1. The average molecular weight is 470 g/mol. The summed E-state index contributed by atoms with van der Waals surface area (Å²) in [6.07, 6.45) is 6.20. The number of hydrogen-bond donors (Lipinski definition) is 2. The van der Waals surface area contributed by atoms with Gasteiger partial charge in [0.05, 0.1) is 36.2 Å². The SMILES string of the molecule is CC(C)CCc1nc(NCc2c(-c3ccc(O[C@H]4CCC[C@H](C(=O)O)C4)cn3)nnn2C)no1. The van der Waals surface area contributed by atoms with Crippen LogP contribution in [0.3, 0.4) is 0 Å². The van der Waals surface area contributed by atoms with Crippen LogP contribution in [0.2, 0.25) is 0 Å². The zero-order valence-corrected chi connectivity index (χ0v) is 19.8. The number of carbonyl (C=O) groups is 1. The summed E-state index contributed by atoms with van der Waals surface area (Å²) in [5.41, 5.74) is 2.13. The van der Waals surface area contributed by atoms with E-state index >= 15 is 0 Å². The van der Waals surface area contributed by atoms with E-state index < -0.39 is 5.97 Å². The summed E-state index contributed by atoms with van der Waals surface area (Å²) in [6.45, 7) is 4.72. The third-order valence-corrected chi connectivity index (χ3v) is 6.02. The molecule has 11 nitrogen and oxygen atoms in total. The number of hydrogen-bond acceptors (Lipinski definition) is 9. The number of rotatable bonds is 10. The highest BCUT2D eigenvalue weighted by Gasteiger charge is 2.28. The molecule has 1 aliphatic rings. The fourth-order valence-electron chi connectivity index (χ4n) is 4.04. The van der Waals surface area contributed by atoms with E-state index in [4.69, 9.17) is 9.26 Å². The third kappa shape index (κ3) is 5.89. The normalized spacial score (nSPS) is 18.2. The summed E-state index contributed by atoms with van der Waals surface area (Å²) in [5, 5.41) is 24.8. The molecule has 0 amide bonds. The van der Waals surface area contributed by atoms with Gasteiger partial charge in [0.25, 0.3) is 5.95 Å². The zero-order chi connectivity index (χ0) is 24.1. The second kappa shape index (κ2) is 10.6. The smallest absolute Gasteiger partial charge is 0.306 e. The van der Waals surface area contributed by atoms with Gasteiger partial charge >= 0.3 is 5.97 Å². The Morgan fingerprint density at radius 3 is 2.94 bits per heavy atom. The van der Waals surface area contributed by atoms with Crippen LogP contribution in [0.25, 0.3) is 11.4 Å². The number of carboxylic acid groups (broad SMARTS) is 1. The van der Waals surface area contributed by atoms with Gasteiger partial charge in [-0.2, -0.15) is 4.98 Å². The summed E-state index contributed by atoms with van der Waals surface area (Å²) in [4.78, 5) is 20.2. The predicted octanol–water partition coefficient (Wildman–Crippen LogP) is 3.48. The van der Waals surface area contributed by atoms with Crippen molar-refractivity contribution < 1.29 is 19.2 Å². The molecule has 2 atom stereocenters. The van der Waals surface area contributed by atoms with Crippen LogP contribution in [-0.4, -0.2) is 47.3 Å². The number of ether oxygens (including phenoxy) is 1. The Bertz CT molecular complexity index is 1090. The van der Waals surface area contributed by atoms with E-state index in [1.165, 1.54) is 0 Å². The van der Waals surface area contributed by atoms with Crippen LogP contribution in [0.5, 0.6) is 5.75 Å². The molecule has 3 heterocycles. The molecule has 2 N–H and O–H groups in total. The lowest BCUT2D eigenvalue weighted by Crippen LogP contribution is -2.29. The molecule has 1 aliphatic carbocycles. The molecule has 3 aromatic rings. The summed E-state index contributed by atoms with van der Waals surface area (Å²) >= 11 is 0. The second-order valence-corrected chi connectivity index (χ2v) is 9.13. The molecule has 3 aromatic heterocycles. The quantitative estimate of drug-likeness (QED) is 0.453. The molecule has 4 rings (SSSR count). The van der Waals surface area contributed by atoms with Crippen molar-refractivity contribution in [3.05, 3.63) is 29.9 Å². The van der Waals surface area contributed by atoms with Gasteiger partial charge in [-0.15, -0.1) is 5.10 Å². The lowest BCUT2D eigenvalue weighted by molar-refractivity contribution is -0.143. The molecular weight excluding hydrogens is 438 g/mol. The van der Waals surface area contributed by atoms with Gasteiger partial charge in [-0.1, -0.05) is 19.1 Å². The first-order valence-corrected chi connectivity index (χ1v) is 11.7. The Labute approximate surface area is 197 Å². The maximum Gasteiger partial charge on any atom is 0.306 e. The number of anilines is 1. The Morgan fingerprint density at radius 1 is 1.35 bits per heavy atom. The van der Waals surface area contributed by atoms with Crippen LogP contribution >= 0.6 is 0 Å². The van der Waals surface area contributed by atoms with E-state index in [0.717, 1.165) is 31.4 Å². The summed E-state index contributed by atoms with van der Waals surface area (Å²) < 4.78 is 13.0. The molecule has 0 radical (unpaired) electrons. The van der Waals surface area contributed by atoms with Crippen LogP contribution in [-0.2, 0) is 24.8 Å². The van der Waals surface area contributed by atoms with E-state index in [1.54, 1.807) is 10.9 Å². The van der Waals surface area contributed by atoms with Gasteiger partial charge in [0, 0.05) is 13.5 Å². The maximum atomic E-state index is 11.3. The number of aliphatic carboxylic acids is 1. The Morgan fingerprint density at radius 2 is 2.21 bits per heavy atom. The first-order chi connectivity index (χ1) is 16.4. The molecule has 0 unspecified atom stereocenters. The molecule has 0 aliphatic heterocycles. The molecule has 1 fully saturated rings. The Hall–Kier alpha value is -3.50.